The summed E-state index contributed by atoms with van der Waals surface area (Å²) in [5.41, 5.74) is 1.10. The standard InChI is InChI=1S/C22H24FN3O3/c1-14-13-15(8-9-16(14)23)20(27)18-19(17-7-4-5-10-24-17)26(22(29)21(18)28)12-6-11-25(2)3/h4-5,7-10,13,19,27H,6,11-12H2,1-3H3/b20-18-. The molecule has 6 nitrogen and oxygen atoms in total. The number of hydrogen-bond acceptors (Lipinski definition) is 5. The van der Waals surface area contributed by atoms with Crippen LogP contribution in [0.5, 0.6) is 0 Å². The highest BCUT2D eigenvalue weighted by molar-refractivity contribution is 6.46. The van der Waals surface area contributed by atoms with Crippen LogP contribution in [0.25, 0.3) is 5.76 Å². The predicted octanol–water partition coefficient (Wildman–Crippen LogP) is 2.90. The average Bonchev–Trinajstić information content (AvgIpc) is 2.95. The van der Waals surface area contributed by atoms with E-state index in [1.165, 1.54) is 23.1 Å². The van der Waals surface area contributed by atoms with E-state index in [9.17, 15) is 19.1 Å². The second kappa shape index (κ2) is 8.53. The monoisotopic (exact) mass is 397 g/mol. The van der Waals surface area contributed by atoms with Gasteiger partial charge in [-0.05, 0) is 69.9 Å². The van der Waals surface area contributed by atoms with Gasteiger partial charge in [-0.3, -0.25) is 14.6 Å². The van der Waals surface area contributed by atoms with Crippen LogP contribution >= 0.6 is 0 Å². The third-order valence-electron chi connectivity index (χ3n) is 4.94. The van der Waals surface area contributed by atoms with Gasteiger partial charge in [-0.25, -0.2) is 4.39 Å². The van der Waals surface area contributed by atoms with Crippen LogP contribution in [-0.4, -0.2) is 58.8 Å². The molecule has 2 heterocycles. The van der Waals surface area contributed by atoms with Gasteiger partial charge < -0.3 is 14.9 Å². The molecule has 1 amide bonds. The van der Waals surface area contributed by atoms with Crippen molar-refractivity contribution in [2.75, 3.05) is 27.2 Å². The maximum Gasteiger partial charge on any atom is 0.295 e. The minimum absolute atomic E-state index is 0.0236. The van der Waals surface area contributed by atoms with E-state index in [0.717, 1.165) is 6.54 Å². The number of ketones is 1. The fourth-order valence-corrected chi connectivity index (χ4v) is 3.46. The summed E-state index contributed by atoms with van der Waals surface area (Å²) in [5.74, 6) is -2.16. The highest BCUT2D eigenvalue weighted by atomic mass is 19.1. The summed E-state index contributed by atoms with van der Waals surface area (Å²) in [4.78, 5) is 33.4. The summed E-state index contributed by atoms with van der Waals surface area (Å²) >= 11 is 0. The maximum atomic E-state index is 13.6. The number of aliphatic hydroxyl groups excluding tert-OH is 1. The number of halogens is 1. The molecule has 1 fully saturated rings. The molecule has 1 saturated heterocycles. The van der Waals surface area contributed by atoms with Crippen molar-refractivity contribution in [3.05, 3.63) is 70.8 Å². The zero-order valence-electron chi connectivity index (χ0n) is 16.7. The van der Waals surface area contributed by atoms with Crippen LogP contribution < -0.4 is 0 Å². The number of aromatic nitrogens is 1. The Bertz CT molecular complexity index is 957. The van der Waals surface area contributed by atoms with E-state index in [1.54, 1.807) is 31.3 Å². The molecule has 29 heavy (non-hydrogen) atoms. The zero-order chi connectivity index (χ0) is 21.1. The van der Waals surface area contributed by atoms with Gasteiger partial charge in [-0.2, -0.15) is 0 Å². The number of rotatable bonds is 6. The van der Waals surface area contributed by atoms with Gasteiger partial charge in [-0.15, -0.1) is 0 Å². The topological polar surface area (TPSA) is 73.7 Å². The molecule has 0 aliphatic carbocycles. The van der Waals surface area contributed by atoms with E-state index in [0.29, 0.717) is 24.2 Å². The molecule has 0 bridgehead atoms. The normalized spacial score (nSPS) is 18.7. The number of aryl methyl sites for hydroxylation is 1. The molecule has 152 valence electrons. The third kappa shape index (κ3) is 4.19. The first kappa shape index (κ1) is 20.7. The lowest BCUT2D eigenvalue weighted by atomic mass is 9.97. The summed E-state index contributed by atoms with van der Waals surface area (Å²) in [6.07, 6.45) is 2.25. The smallest absolute Gasteiger partial charge is 0.295 e. The minimum atomic E-state index is -0.788. The molecule has 1 aromatic carbocycles. The maximum absolute atomic E-state index is 13.6. The Morgan fingerprint density at radius 3 is 2.62 bits per heavy atom. The lowest BCUT2D eigenvalue weighted by Crippen LogP contribution is -2.32. The molecule has 3 rings (SSSR count). The van der Waals surface area contributed by atoms with Crippen molar-refractivity contribution in [1.82, 2.24) is 14.8 Å². The number of amides is 1. The van der Waals surface area contributed by atoms with Crippen LogP contribution in [0, 0.1) is 12.7 Å². The molecular weight excluding hydrogens is 373 g/mol. The summed E-state index contributed by atoms with van der Waals surface area (Å²) < 4.78 is 13.6. The molecule has 1 atom stereocenters. The van der Waals surface area contributed by atoms with Crippen LogP contribution in [0.1, 0.15) is 29.3 Å². The quantitative estimate of drug-likeness (QED) is 0.461. The number of carbonyl (C=O) groups excluding carboxylic acids is 2. The zero-order valence-corrected chi connectivity index (χ0v) is 16.7. The van der Waals surface area contributed by atoms with Gasteiger partial charge in [0.1, 0.15) is 17.6 Å². The van der Waals surface area contributed by atoms with Crippen molar-refractivity contribution >= 4 is 17.4 Å². The summed E-state index contributed by atoms with van der Waals surface area (Å²) in [6, 6.07) is 8.52. The number of pyridine rings is 1. The summed E-state index contributed by atoms with van der Waals surface area (Å²) in [5, 5.41) is 10.9. The third-order valence-corrected chi connectivity index (χ3v) is 4.94. The fourth-order valence-electron chi connectivity index (χ4n) is 3.46. The van der Waals surface area contributed by atoms with Crippen molar-refractivity contribution < 1.29 is 19.1 Å². The number of carbonyl (C=O) groups is 2. The summed E-state index contributed by atoms with van der Waals surface area (Å²) in [6.45, 7) is 2.67. The van der Waals surface area contributed by atoms with E-state index in [4.69, 9.17) is 0 Å². The number of likely N-dealkylation sites (tertiary alicyclic amines) is 1. The van der Waals surface area contributed by atoms with Crippen molar-refractivity contribution in [2.24, 2.45) is 0 Å². The first-order valence-electron chi connectivity index (χ1n) is 9.42. The lowest BCUT2D eigenvalue weighted by molar-refractivity contribution is -0.140. The number of benzene rings is 1. The van der Waals surface area contributed by atoms with Gasteiger partial charge >= 0.3 is 0 Å². The highest BCUT2D eigenvalue weighted by Gasteiger charge is 2.46. The number of aliphatic hydroxyl groups is 1. The van der Waals surface area contributed by atoms with Crippen LogP contribution in [0.4, 0.5) is 4.39 Å². The SMILES string of the molecule is Cc1cc(/C(O)=C2/C(=O)C(=O)N(CCCN(C)C)C2c2ccccn2)ccc1F. The first-order chi connectivity index (χ1) is 13.8. The van der Waals surface area contributed by atoms with Crippen molar-refractivity contribution in [1.29, 1.82) is 0 Å². The molecule has 1 N–H and O–H groups in total. The van der Waals surface area contributed by atoms with E-state index in [2.05, 4.69) is 4.98 Å². The molecule has 7 heteroatoms. The fraction of sp³-hybridized carbons (Fsp3) is 0.318. The van der Waals surface area contributed by atoms with E-state index < -0.39 is 23.5 Å². The Morgan fingerprint density at radius 1 is 1.24 bits per heavy atom. The first-order valence-corrected chi connectivity index (χ1v) is 9.42. The molecule has 1 aliphatic rings. The van der Waals surface area contributed by atoms with Gasteiger partial charge in [0.25, 0.3) is 11.7 Å². The van der Waals surface area contributed by atoms with Gasteiger partial charge in [0, 0.05) is 18.3 Å². The van der Waals surface area contributed by atoms with Crippen LogP contribution in [0.3, 0.4) is 0 Å². The Hall–Kier alpha value is -3.06. The summed E-state index contributed by atoms with van der Waals surface area (Å²) in [7, 11) is 3.86. The van der Waals surface area contributed by atoms with Crippen molar-refractivity contribution in [2.45, 2.75) is 19.4 Å². The molecule has 0 radical (unpaired) electrons. The van der Waals surface area contributed by atoms with Crippen molar-refractivity contribution in [3.63, 3.8) is 0 Å². The molecule has 2 aromatic rings. The second-order valence-electron chi connectivity index (χ2n) is 7.37. The Labute approximate surface area is 169 Å². The molecule has 1 aliphatic heterocycles. The van der Waals surface area contributed by atoms with Gasteiger partial charge in [0.15, 0.2) is 0 Å². The Kier molecular flexibility index (Phi) is 6.08. The van der Waals surface area contributed by atoms with Crippen LogP contribution in [0.15, 0.2) is 48.2 Å². The van der Waals surface area contributed by atoms with E-state index >= 15 is 0 Å². The molecule has 1 aromatic heterocycles. The van der Waals surface area contributed by atoms with Crippen LogP contribution in [0.2, 0.25) is 0 Å². The molecular formula is C22H24FN3O3. The second-order valence-corrected chi connectivity index (χ2v) is 7.37. The highest BCUT2D eigenvalue weighted by Crippen LogP contribution is 2.38. The lowest BCUT2D eigenvalue weighted by Gasteiger charge is -2.25. The number of Topliss-reactive ketones (excluding diaryl/α,β-unsaturated/α-hetero) is 1. The van der Waals surface area contributed by atoms with E-state index in [-0.39, 0.29) is 16.9 Å². The number of nitrogens with zero attached hydrogens (tertiary/aromatic N) is 3. The molecule has 0 saturated carbocycles. The Morgan fingerprint density at radius 2 is 2.00 bits per heavy atom. The van der Waals surface area contributed by atoms with Crippen LogP contribution in [-0.2, 0) is 9.59 Å². The average molecular weight is 397 g/mol. The molecule has 0 spiro atoms. The predicted molar refractivity (Wildman–Crippen MR) is 108 cm³/mol. The van der Waals surface area contributed by atoms with Gasteiger partial charge in [0.05, 0.1) is 11.3 Å². The van der Waals surface area contributed by atoms with Gasteiger partial charge in [0.2, 0.25) is 0 Å². The van der Waals surface area contributed by atoms with E-state index in [1.807, 2.05) is 19.0 Å². The van der Waals surface area contributed by atoms with Crippen molar-refractivity contribution in [3.8, 4) is 0 Å². The van der Waals surface area contributed by atoms with Gasteiger partial charge in [-0.1, -0.05) is 6.07 Å². The molecule has 1 unspecified atom stereocenters. The minimum Gasteiger partial charge on any atom is -0.507 e. The largest absolute Gasteiger partial charge is 0.507 e. The Balaban J connectivity index is 2.09. The number of hydrogen-bond donors (Lipinski definition) is 1.